The largest absolute Gasteiger partial charge is 0.352 e. The summed E-state index contributed by atoms with van der Waals surface area (Å²) in [6.45, 7) is 7.99. The van der Waals surface area contributed by atoms with Gasteiger partial charge in [0.1, 0.15) is 0 Å². The molecule has 1 unspecified atom stereocenters. The van der Waals surface area contributed by atoms with Gasteiger partial charge in [0.05, 0.1) is 6.04 Å². The molecule has 1 heterocycles. The van der Waals surface area contributed by atoms with Crippen molar-refractivity contribution < 1.29 is 4.79 Å². The van der Waals surface area contributed by atoms with Crippen LogP contribution in [0, 0.1) is 5.92 Å². The average molecular weight is 267 g/mol. The Kier molecular flexibility index (Phi) is 4.51. The zero-order valence-corrected chi connectivity index (χ0v) is 12.6. The number of carbonyl (C=O) groups is 1. The minimum Gasteiger partial charge on any atom is -0.352 e. The van der Waals surface area contributed by atoms with Crippen molar-refractivity contribution in [2.75, 3.05) is 13.1 Å². The van der Waals surface area contributed by atoms with Gasteiger partial charge in [-0.25, -0.2) is 0 Å². The Morgan fingerprint density at radius 1 is 1.21 bits per heavy atom. The van der Waals surface area contributed by atoms with Crippen LogP contribution in [0.5, 0.6) is 0 Å². The molecule has 1 saturated carbocycles. The molecule has 1 saturated heterocycles. The van der Waals surface area contributed by atoms with Crippen LogP contribution in [0.4, 0.5) is 0 Å². The number of amides is 1. The molecule has 1 aliphatic carbocycles. The van der Waals surface area contributed by atoms with E-state index < -0.39 is 0 Å². The smallest absolute Gasteiger partial charge is 0.237 e. The van der Waals surface area contributed by atoms with Crippen molar-refractivity contribution in [3.05, 3.63) is 0 Å². The molecule has 19 heavy (non-hydrogen) atoms. The topological polar surface area (TPSA) is 58.4 Å². The highest BCUT2D eigenvalue weighted by molar-refractivity contribution is 5.81. The average Bonchev–Trinajstić information content (AvgIpc) is 2.35. The van der Waals surface area contributed by atoms with E-state index in [9.17, 15) is 4.79 Å². The lowest BCUT2D eigenvalue weighted by atomic mass is 9.79. The molecule has 0 radical (unpaired) electrons. The van der Waals surface area contributed by atoms with E-state index in [0.29, 0.717) is 12.0 Å². The van der Waals surface area contributed by atoms with Crippen molar-refractivity contribution in [2.24, 2.45) is 11.7 Å². The predicted octanol–water partition coefficient (Wildman–Crippen LogP) is 1.49. The molecule has 2 fully saturated rings. The van der Waals surface area contributed by atoms with Crippen LogP contribution < -0.4 is 11.1 Å². The molecular weight excluding hydrogens is 238 g/mol. The van der Waals surface area contributed by atoms with E-state index in [-0.39, 0.29) is 17.5 Å². The van der Waals surface area contributed by atoms with Gasteiger partial charge in [-0.15, -0.1) is 0 Å². The first kappa shape index (κ1) is 14.8. The lowest BCUT2D eigenvalue weighted by molar-refractivity contribution is -0.130. The zero-order valence-electron chi connectivity index (χ0n) is 12.6. The predicted molar refractivity (Wildman–Crippen MR) is 77.8 cm³/mol. The van der Waals surface area contributed by atoms with Crippen LogP contribution in [0.2, 0.25) is 0 Å². The first-order valence-corrected chi connectivity index (χ1v) is 7.76. The number of nitrogens with zero attached hydrogens (tertiary/aromatic N) is 1. The third-order valence-corrected chi connectivity index (χ3v) is 5.02. The molecule has 1 aliphatic heterocycles. The maximum atomic E-state index is 12.2. The highest BCUT2D eigenvalue weighted by atomic mass is 16.2. The number of nitrogens with two attached hydrogens (primary N) is 1. The quantitative estimate of drug-likeness (QED) is 0.811. The molecule has 4 heteroatoms. The molecule has 0 aromatic rings. The van der Waals surface area contributed by atoms with Crippen LogP contribution in [0.15, 0.2) is 0 Å². The Hall–Kier alpha value is -0.610. The fourth-order valence-electron chi connectivity index (χ4n) is 3.08. The van der Waals surface area contributed by atoms with Gasteiger partial charge in [-0.2, -0.15) is 0 Å². The molecule has 3 N–H and O–H groups in total. The molecule has 1 amide bonds. The summed E-state index contributed by atoms with van der Waals surface area (Å²) in [5.41, 5.74) is 6.19. The van der Waals surface area contributed by atoms with Gasteiger partial charge >= 0.3 is 0 Å². The Morgan fingerprint density at radius 2 is 1.79 bits per heavy atom. The lowest BCUT2D eigenvalue weighted by Gasteiger charge is -2.52. The van der Waals surface area contributed by atoms with Crippen LogP contribution in [-0.4, -0.2) is 41.5 Å². The van der Waals surface area contributed by atoms with E-state index in [1.807, 2.05) is 6.92 Å². The van der Waals surface area contributed by atoms with E-state index in [4.69, 9.17) is 5.73 Å². The van der Waals surface area contributed by atoms with E-state index in [1.165, 1.54) is 19.3 Å². The first-order valence-electron chi connectivity index (χ1n) is 7.76. The van der Waals surface area contributed by atoms with Crippen molar-refractivity contribution in [3.8, 4) is 0 Å². The van der Waals surface area contributed by atoms with Gasteiger partial charge in [-0.3, -0.25) is 9.69 Å². The molecule has 0 spiro atoms. The molecule has 1 atom stereocenters. The lowest BCUT2D eigenvalue weighted by Crippen LogP contribution is -2.73. The number of nitrogens with one attached hydrogen (secondary N) is 1. The van der Waals surface area contributed by atoms with Crippen molar-refractivity contribution >= 4 is 5.91 Å². The van der Waals surface area contributed by atoms with Crippen LogP contribution in [0.3, 0.4) is 0 Å². The van der Waals surface area contributed by atoms with Gasteiger partial charge in [0.25, 0.3) is 0 Å². The fraction of sp³-hybridized carbons (Fsp3) is 0.933. The van der Waals surface area contributed by atoms with Gasteiger partial charge in [0.2, 0.25) is 5.91 Å². The monoisotopic (exact) mass is 267 g/mol. The number of carbonyl (C=O) groups excluding carboxylic acids is 1. The molecule has 2 aliphatic rings. The minimum absolute atomic E-state index is 0.0441. The van der Waals surface area contributed by atoms with E-state index in [2.05, 4.69) is 24.1 Å². The normalized spacial score (nSPS) is 25.9. The van der Waals surface area contributed by atoms with Crippen LogP contribution in [0.25, 0.3) is 0 Å². The maximum absolute atomic E-state index is 12.2. The first-order chi connectivity index (χ1) is 8.92. The summed E-state index contributed by atoms with van der Waals surface area (Å²) in [6, 6.07) is 0.357. The van der Waals surface area contributed by atoms with Gasteiger partial charge in [-0.05, 0) is 25.7 Å². The Labute approximate surface area is 117 Å². The molecular formula is C15H29N3O. The van der Waals surface area contributed by atoms with Crippen molar-refractivity contribution in [1.82, 2.24) is 10.2 Å². The summed E-state index contributed by atoms with van der Waals surface area (Å²) < 4.78 is 0. The number of likely N-dealkylation sites (tertiary alicyclic amines) is 1. The Morgan fingerprint density at radius 3 is 2.32 bits per heavy atom. The summed E-state index contributed by atoms with van der Waals surface area (Å²) in [5, 5.41) is 3.20. The summed E-state index contributed by atoms with van der Waals surface area (Å²) in [4.78, 5) is 14.4. The van der Waals surface area contributed by atoms with Gasteiger partial charge in [-0.1, -0.05) is 33.1 Å². The molecule has 0 bridgehead atoms. The third kappa shape index (κ3) is 3.29. The number of hydrogen-bond donors (Lipinski definition) is 2. The van der Waals surface area contributed by atoms with Crippen LogP contribution in [-0.2, 0) is 4.79 Å². The molecule has 0 aromatic carbocycles. The highest BCUT2D eigenvalue weighted by Gasteiger charge is 2.45. The fourth-order valence-corrected chi connectivity index (χ4v) is 3.08. The summed E-state index contributed by atoms with van der Waals surface area (Å²) >= 11 is 0. The van der Waals surface area contributed by atoms with Crippen LogP contribution >= 0.6 is 0 Å². The molecule has 2 rings (SSSR count). The van der Waals surface area contributed by atoms with Crippen molar-refractivity contribution in [1.29, 1.82) is 0 Å². The minimum atomic E-state index is -0.0978. The SMILES string of the molecule is CC(C(=O)NC1CCCCC1)N1CC(N)(C(C)C)C1. The highest BCUT2D eigenvalue weighted by Crippen LogP contribution is 2.28. The van der Waals surface area contributed by atoms with Gasteiger partial charge in [0.15, 0.2) is 0 Å². The van der Waals surface area contributed by atoms with Crippen molar-refractivity contribution in [2.45, 2.75) is 70.5 Å². The summed E-state index contributed by atoms with van der Waals surface area (Å²) in [6.07, 6.45) is 6.11. The molecule has 4 nitrogen and oxygen atoms in total. The Bertz CT molecular complexity index is 317. The van der Waals surface area contributed by atoms with Crippen LogP contribution in [0.1, 0.15) is 52.9 Å². The van der Waals surface area contributed by atoms with Gasteiger partial charge in [0, 0.05) is 24.7 Å². The second-order valence-corrected chi connectivity index (χ2v) is 6.81. The Balaban J connectivity index is 1.77. The number of hydrogen-bond acceptors (Lipinski definition) is 3. The summed E-state index contributed by atoms with van der Waals surface area (Å²) in [5.74, 6) is 0.648. The summed E-state index contributed by atoms with van der Waals surface area (Å²) in [7, 11) is 0. The van der Waals surface area contributed by atoms with E-state index in [1.54, 1.807) is 0 Å². The third-order valence-electron chi connectivity index (χ3n) is 5.02. The van der Waals surface area contributed by atoms with E-state index >= 15 is 0 Å². The van der Waals surface area contributed by atoms with E-state index in [0.717, 1.165) is 25.9 Å². The molecule has 110 valence electrons. The molecule has 0 aromatic heterocycles. The van der Waals surface area contributed by atoms with Gasteiger partial charge < -0.3 is 11.1 Å². The zero-order chi connectivity index (χ0) is 14.0. The number of rotatable bonds is 4. The second-order valence-electron chi connectivity index (χ2n) is 6.81. The standard InChI is InChI=1S/C15H29N3O/c1-11(2)15(16)9-18(10-15)12(3)14(19)17-13-7-5-4-6-8-13/h11-13H,4-10,16H2,1-3H3,(H,17,19). The maximum Gasteiger partial charge on any atom is 0.237 e. The second kappa shape index (κ2) is 5.80. The van der Waals surface area contributed by atoms with Crippen molar-refractivity contribution in [3.63, 3.8) is 0 Å².